The fraction of sp³-hybridized carbons (Fsp3) is 0.350. The predicted molar refractivity (Wildman–Crippen MR) is 105 cm³/mol. The molecule has 0 saturated carbocycles. The number of aliphatic hydroxyl groups is 1. The first kappa shape index (κ1) is 21.2. The SMILES string of the molecule is CCCc1cc(NC(=O)[C@H](O)c2cccc(Cl)c2)ccc1C.CCN. The lowest BCUT2D eigenvalue weighted by Gasteiger charge is -2.13. The summed E-state index contributed by atoms with van der Waals surface area (Å²) < 4.78 is 0. The maximum absolute atomic E-state index is 12.2. The zero-order valence-corrected chi connectivity index (χ0v) is 15.8. The molecule has 0 aliphatic heterocycles. The van der Waals surface area contributed by atoms with Gasteiger partial charge in [0.1, 0.15) is 0 Å². The minimum atomic E-state index is -1.24. The molecule has 4 nitrogen and oxygen atoms in total. The summed E-state index contributed by atoms with van der Waals surface area (Å²) in [5.74, 6) is -0.464. The van der Waals surface area contributed by atoms with Gasteiger partial charge in [-0.3, -0.25) is 4.79 Å². The van der Waals surface area contributed by atoms with Crippen molar-refractivity contribution in [1.82, 2.24) is 0 Å². The highest BCUT2D eigenvalue weighted by atomic mass is 35.5. The van der Waals surface area contributed by atoms with Gasteiger partial charge in [0.25, 0.3) is 5.91 Å². The molecule has 0 fully saturated rings. The van der Waals surface area contributed by atoms with Gasteiger partial charge in [0, 0.05) is 10.7 Å². The predicted octanol–water partition coefficient (Wildman–Crippen LogP) is 4.24. The fourth-order valence-corrected chi connectivity index (χ4v) is 2.53. The largest absolute Gasteiger partial charge is 0.378 e. The van der Waals surface area contributed by atoms with Gasteiger partial charge in [0.15, 0.2) is 6.10 Å². The molecule has 1 amide bonds. The summed E-state index contributed by atoms with van der Waals surface area (Å²) in [6, 6.07) is 12.5. The number of amides is 1. The van der Waals surface area contributed by atoms with Crippen molar-refractivity contribution in [3.8, 4) is 0 Å². The molecule has 0 saturated heterocycles. The molecule has 0 aliphatic carbocycles. The maximum atomic E-state index is 12.2. The summed E-state index contributed by atoms with van der Waals surface area (Å²) in [7, 11) is 0. The van der Waals surface area contributed by atoms with Crippen LogP contribution in [0, 0.1) is 6.92 Å². The van der Waals surface area contributed by atoms with Crippen molar-refractivity contribution in [2.45, 2.75) is 39.7 Å². The van der Waals surface area contributed by atoms with Gasteiger partial charge >= 0.3 is 0 Å². The van der Waals surface area contributed by atoms with E-state index in [9.17, 15) is 9.90 Å². The van der Waals surface area contributed by atoms with E-state index < -0.39 is 12.0 Å². The Morgan fingerprint density at radius 1 is 1.24 bits per heavy atom. The van der Waals surface area contributed by atoms with Crippen LogP contribution in [-0.4, -0.2) is 17.6 Å². The van der Waals surface area contributed by atoms with Gasteiger partial charge in [-0.25, -0.2) is 0 Å². The van der Waals surface area contributed by atoms with E-state index in [-0.39, 0.29) is 0 Å². The molecule has 2 aromatic carbocycles. The smallest absolute Gasteiger partial charge is 0.257 e. The van der Waals surface area contributed by atoms with Crippen LogP contribution in [0.5, 0.6) is 0 Å². The lowest BCUT2D eigenvalue weighted by atomic mass is 10.0. The number of aliphatic hydroxyl groups excluding tert-OH is 1. The zero-order valence-electron chi connectivity index (χ0n) is 15.1. The van der Waals surface area contributed by atoms with Gasteiger partial charge in [-0.1, -0.05) is 50.1 Å². The average molecular weight is 363 g/mol. The van der Waals surface area contributed by atoms with Gasteiger partial charge in [0.05, 0.1) is 0 Å². The lowest BCUT2D eigenvalue weighted by Crippen LogP contribution is -2.20. The van der Waals surface area contributed by atoms with Crippen LogP contribution in [0.3, 0.4) is 0 Å². The third-order valence-electron chi connectivity index (χ3n) is 3.55. The van der Waals surface area contributed by atoms with Crippen molar-refractivity contribution in [2.24, 2.45) is 5.73 Å². The first-order valence-corrected chi connectivity index (χ1v) is 8.84. The summed E-state index contributed by atoms with van der Waals surface area (Å²) in [4.78, 5) is 12.2. The van der Waals surface area contributed by atoms with Crippen molar-refractivity contribution in [1.29, 1.82) is 0 Å². The van der Waals surface area contributed by atoms with E-state index in [1.165, 1.54) is 11.1 Å². The number of hydrogen-bond donors (Lipinski definition) is 3. The van der Waals surface area contributed by atoms with E-state index in [1.807, 2.05) is 25.1 Å². The number of anilines is 1. The molecule has 4 N–H and O–H groups in total. The fourth-order valence-electron chi connectivity index (χ4n) is 2.33. The van der Waals surface area contributed by atoms with Gasteiger partial charge in [-0.15, -0.1) is 0 Å². The third kappa shape index (κ3) is 6.86. The van der Waals surface area contributed by atoms with Crippen LogP contribution in [-0.2, 0) is 11.2 Å². The monoisotopic (exact) mass is 362 g/mol. The number of aryl methyl sites for hydroxylation is 2. The van der Waals surface area contributed by atoms with Crippen LogP contribution in [0.25, 0.3) is 0 Å². The summed E-state index contributed by atoms with van der Waals surface area (Å²) in [5, 5.41) is 13.4. The molecule has 136 valence electrons. The first-order chi connectivity index (χ1) is 11.9. The molecule has 0 unspecified atom stereocenters. The molecule has 0 aliphatic rings. The van der Waals surface area contributed by atoms with Crippen LogP contribution < -0.4 is 11.1 Å². The molecule has 0 spiro atoms. The second-order valence-electron chi connectivity index (χ2n) is 5.75. The topological polar surface area (TPSA) is 75.3 Å². The quantitative estimate of drug-likeness (QED) is 0.744. The number of nitrogens with two attached hydrogens (primary N) is 1. The van der Waals surface area contributed by atoms with Crippen molar-refractivity contribution < 1.29 is 9.90 Å². The molecule has 0 heterocycles. The summed E-state index contributed by atoms with van der Waals surface area (Å²) in [6.45, 7) is 6.82. The van der Waals surface area contributed by atoms with E-state index in [4.69, 9.17) is 17.3 Å². The van der Waals surface area contributed by atoms with Crippen molar-refractivity contribution in [3.63, 3.8) is 0 Å². The van der Waals surface area contributed by atoms with E-state index >= 15 is 0 Å². The zero-order chi connectivity index (χ0) is 18.8. The molecule has 0 radical (unpaired) electrons. The number of benzene rings is 2. The van der Waals surface area contributed by atoms with E-state index in [2.05, 4.69) is 19.2 Å². The molecule has 25 heavy (non-hydrogen) atoms. The van der Waals surface area contributed by atoms with E-state index in [0.29, 0.717) is 16.3 Å². The van der Waals surface area contributed by atoms with Crippen LogP contribution >= 0.6 is 11.6 Å². The molecule has 2 aromatic rings. The third-order valence-corrected chi connectivity index (χ3v) is 3.78. The van der Waals surface area contributed by atoms with Crippen molar-refractivity contribution >= 4 is 23.2 Å². The highest BCUT2D eigenvalue weighted by Gasteiger charge is 2.18. The molecule has 0 aromatic heterocycles. The van der Waals surface area contributed by atoms with E-state index in [1.54, 1.807) is 24.3 Å². The number of rotatable bonds is 5. The second-order valence-corrected chi connectivity index (χ2v) is 6.18. The lowest BCUT2D eigenvalue weighted by molar-refractivity contribution is -0.124. The molecule has 5 heteroatoms. The normalized spacial score (nSPS) is 11.3. The Bertz CT molecular complexity index is 689. The summed E-state index contributed by atoms with van der Waals surface area (Å²) in [5.41, 5.74) is 8.43. The number of carbonyl (C=O) groups is 1. The Labute approximate surface area is 155 Å². The van der Waals surface area contributed by atoms with Crippen LogP contribution in [0.15, 0.2) is 42.5 Å². The number of hydrogen-bond acceptors (Lipinski definition) is 3. The van der Waals surface area contributed by atoms with Crippen molar-refractivity contribution in [2.75, 3.05) is 11.9 Å². The molecule has 1 atom stereocenters. The van der Waals surface area contributed by atoms with Crippen LogP contribution in [0.4, 0.5) is 5.69 Å². The Kier molecular flexibility index (Phi) is 9.21. The molecular formula is C20H27ClN2O2. The Morgan fingerprint density at radius 3 is 2.52 bits per heavy atom. The Morgan fingerprint density at radius 2 is 1.92 bits per heavy atom. The highest BCUT2D eigenvalue weighted by Crippen LogP contribution is 2.21. The summed E-state index contributed by atoms with van der Waals surface area (Å²) >= 11 is 5.88. The highest BCUT2D eigenvalue weighted by molar-refractivity contribution is 6.30. The van der Waals surface area contributed by atoms with Crippen molar-refractivity contribution in [3.05, 3.63) is 64.2 Å². The standard InChI is InChI=1S/C18H20ClNO2.C2H7N/c1-3-5-13-11-16(9-8-12(13)2)20-18(22)17(21)14-6-4-7-15(19)10-14;1-2-3/h4,6-11,17,21H,3,5H2,1-2H3,(H,20,22);2-3H2,1H3/t17-;/m1./s1. The minimum absolute atomic E-state index is 0.464. The number of carbonyl (C=O) groups excluding carboxylic acids is 1. The number of nitrogens with one attached hydrogen (secondary N) is 1. The van der Waals surface area contributed by atoms with Gasteiger partial charge in [0.2, 0.25) is 0 Å². The van der Waals surface area contributed by atoms with Gasteiger partial charge < -0.3 is 16.2 Å². The first-order valence-electron chi connectivity index (χ1n) is 8.46. The minimum Gasteiger partial charge on any atom is -0.378 e. The average Bonchev–Trinajstić information content (AvgIpc) is 2.58. The van der Waals surface area contributed by atoms with Crippen LogP contribution in [0.2, 0.25) is 5.02 Å². The number of halogens is 1. The second kappa shape index (κ2) is 10.9. The summed E-state index contributed by atoms with van der Waals surface area (Å²) in [6.07, 6.45) is 0.769. The van der Waals surface area contributed by atoms with E-state index in [0.717, 1.165) is 19.4 Å². The molecule has 2 rings (SSSR count). The van der Waals surface area contributed by atoms with Gasteiger partial charge in [-0.2, -0.15) is 0 Å². The molecular weight excluding hydrogens is 336 g/mol. The van der Waals surface area contributed by atoms with Gasteiger partial charge in [-0.05, 0) is 60.8 Å². The Balaban J connectivity index is 0.000000970. The molecule has 0 bridgehead atoms. The Hall–Kier alpha value is -1.88. The maximum Gasteiger partial charge on any atom is 0.257 e. The van der Waals surface area contributed by atoms with Crippen LogP contribution in [0.1, 0.15) is 43.1 Å².